The van der Waals surface area contributed by atoms with E-state index >= 15 is 0 Å². The largest absolute Gasteiger partial charge is 0.493 e. The predicted molar refractivity (Wildman–Crippen MR) is 142 cm³/mol. The van der Waals surface area contributed by atoms with Gasteiger partial charge >= 0.3 is 6.03 Å². The molecule has 1 unspecified atom stereocenters. The zero-order chi connectivity index (χ0) is 25.4. The highest BCUT2D eigenvalue weighted by molar-refractivity contribution is 6.30. The van der Waals surface area contributed by atoms with Crippen LogP contribution in [0.4, 0.5) is 10.5 Å². The fourth-order valence-corrected chi connectivity index (χ4v) is 4.90. The molecule has 0 saturated carbocycles. The number of pyridine rings is 1. The number of aromatic nitrogens is 1. The molecule has 184 valence electrons. The number of fused-ring (bicyclic) bond motifs is 2. The molecule has 5 rings (SSSR count). The Morgan fingerprint density at radius 1 is 1.00 bits per heavy atom. The van der Waals surface area contributed by atoms with Crippen LogP contribution >= 0.6 is 11.6 Å². The van der Waals surface area contributed by atoms with Crippen molar-refractivity contribution in [1.29, 1.82) is 0 Å². The number of methoxy groups -OCH3 is 2. The molecule has 2 N–H and O–H groups in total. The fourth-order valence-electron chi connectivity index (χ4n) is 4.77. The molecule has 2 amide bonds. The summed E-state index contributed by atoms with van der Waals surface area (Å²) in [7, 11) is 3.16. The first-order valence-corrected chi connectivity index (χ1v) is 12.0. The van der Waals surface area contributed by atoms with E-state index in [0.29, 0.717) is 40.7 Å². The summed E-state index contributed by atoms with van der Waals surface area (Å²) in [4.78, 5) is 31.6. The van der Waals surface area contributed by atoms with Crippen LogP contribution in [0.5, 0.6) is 11.5 Å². The minimum absolute atomic E-state index is 0.247. The number of halogens is 1. The summed E-state index contributed by atoms with van der Waals surface area (Å²) < 4.78 is 11.1. The quantitative estimate of drug-likeness (QED) is 0.375. The van der Waals surface area contributed by atoms with Crippen molar-refractivity contribution in [2.45, 2.75) is 19.4 Å². The minimum Gasteiger partial charge on any atom is -0.493 e. The van der Waals surface area contributed by atoms with Crippen molar-refractivity contribution >= 4 is 34.2 Å². The molecular weight excluding hydrogens is 478 g/mol. The molecule has 0 fully saturated rings. The fraction of sp³-hybridized carbons (Fsp3) is 0.214. The summed E-state index contributed by atoms with van der Waals surface area (Å²) in [6.07, 6.45) is 0.602. The van der Waals surface area contributed by atoms with Gasteiger partial charge in [0.05, 0.1) is 20.3 Å². The van der Waals surface area contributed by atoms with Crippen LogP contribution in [-0.2, 0) is 6.42 Å². The van der Waals surface area contributed by atoms with E-state index in [4.69, 9.17) is 21.1 Å². The Morgan fingerprint density at radius 2 is 1.72 bits per heavy atom. The third-order valence-corrected chi connectivity index (χ3v) is 6.81. The topological polar surface area (TPSA) is 83.7 Å². The summed E-state index contributed by atoms with van der Waals surface area (Å²) in [5, 5.41) is 4.43. The highest BCUT2D eigenvalue weighted by Crippen LogP contribution is 2.41. The lowest BCUT2D eigenvalue weighted by atomic mass is 9.87. The molecule has 0 radical (unpaired) electrons. The third-order valence-electron chi connectivity index (χ3n) is 6.55. The summed E-state index contributed by atoms with van der Waals surface area (Å²) in [5.74, 6) is 1.14. The third kappa shape index (κ3) is 4.38. The van der Waals surface area contributed by atoms with Crippen molar-refractivity contribution in [3.63, 3.8) is 0 Å². The van der Waals surface area contributed by atoms with Crippen LogP contribution in [0.25, 0.3) is 10.9 Å². The second-order valence-electron chi connectivity index (χ2n) is 8.83. The average molecular weight is 504 g/mol. The number of ether oxygens (including phenoxy) is 2. The lowest BCUT2D eigenvalue weighted by Crippen LogP contribution is -2.44. The number of rotatable bonds is 4. The number of hydrogen-bond acceptors (Lipinski definition) is 4. The maximum absolute atomic E-state index is 13.6. The summed E-state index contributed by atoms with van der Waals surface area (Å²) in [6.45, 7) is 2.42. The van der Waals surface area contributed by atoms with Crippen LogP contribution in [0.1, 0.15) is 28.3 Å². The van der Waals surface area contributed by atoms with Gasteiger partial charge < -0.3 is 24.7 Å². The number of carbonyl (C=O) groups excluding carboxylic acids is 1. The molecular formula is C28H26ClN3O4. The monoisotopic (exact) mass is 503 g/mol. The molecule has 0 spiro atoms. The van der Waals surface area contributed by atoms with E-state index in [9.17, 15) is 9.59 Å². The van der Waals surface area contributed by atoms with Crippen molar-refractivity contribution in [2.75, 3.05) is 26.1 Å². The molecule has 3 aromatic carbocycles. The number of H-pyrrole nitrogens is 1. The molecule has 7 nitrogen and oxygen atoms in total. The van der Waals surface area contributed by atoms with Gasteiger partial charge in [-0.05, 0) is 84.5 Å². The number of aromatic amines is 1. The lowest BCUT2D eigenvalue weighted by molar-refractivity contribution is 0.193. The number of anilines is 1. The maximum Gasteiger partial charge on any atom is 0.322 e. The number of aryl methyl sites for hydroxylation is 1. The van der Waals surface area contributed by atoms with Gasteiger partial charge in [0, 0.05) is 28.3 Å². The second-order valence-corrected chi connectivity index (χ2v) is 9.27. The molecule has 1 aromatic heterocycles. The predicted octanol–water partition coefficient (Wildman–Crippen LogP) is 5.69. The standard InChI is InChI=1S/C28H26ClN3O4/c1-16-4-9-23-18(12-16)13-22(27(33)31-23)26-21-15-25(36-3)24(35-2)14-17(21)10-11-32(26)28(34)30-20-7-5-19(29)6-8-20/h4-9,12-15,26H,10-11H2,1-3H3,(H,30,34)(H,31,33). The molecule has 0 aliphatic carbocycles. The van der Waals surface area contributed by atoms with Gasteiger partial charge in [0.15, 0.2) is 11.5 Å². The van der Waals surface area contributed by atoms with Crippen molar-refractivity contribution in [3.05, 3.63) is 98.3 Å². The number of nitrogens with one attached hydrogen (secondary N) is 2. The number of benzene rings is 3. The van der Waals surface area contributed by atoms with E-state index in [-0.39, 0.29) is 11.6 Å². The Bertz CT molecular complexity index is 1510. The van der Waals surface area contributed by atoms with Gasteiger partial charge in [0.25, 0.3) is 5.56 Å². The molecule has 1 aliphatic heterocycles. The lowest BCUT2D eigenvalue weighted by Gasteiger charge is -2.37. The summed E-state index contributed by atoms with van der Waals surface area (Å²) in [6, 6.07) is 17.5. The molecule has 2 heterocycles. The van der Waals surface area contributed by atoms with E-state index in [2.05, 4.69) is 10.3 Å². The molecule has 1 atom stereocenters. The van der Waals surface area contributed by atoms with E-state index < -0.39 is 6.04 Å². The van der Waals surface area contributed by atoms with Crippen LogP contribution in [-0.4, -0.2) is 36.7 Å². The zero-order valence-electron chi connectivity index (χ0n) is 20.2. The summed E-state index contributed by atoms with van der Waals surface area (Å²) >= 11 is 6.00. The number of amides is 2. The molecule has 0 saturated heterocycles. The number of urea groups is 1. The van der Waals surface area contributed by atoms with E-state index in [1.165, 1.54) is 0 Å². The van der Waals surface area contributed by atoms with Gasteiger partial charge in [-0.3, -0.25) is 4.79 Å². The van der Waals surface area contributed by atoms with Crippen molar-refractivity contribution < 1.29 is 14.3 Å². The molecule has 8 heteroatoms. The number of carbonyl (C=O) groups is 1. The van der Waals surface area contributed by atoms with Gasteiger partial charge in [-0.25, -0.2) is 4.79 Å². The van der Waals surface area contributed by atoms with Gasteiger partial charge in [-0.2, -0.15) is 0 Å². The molecule has 0 bridgehead atoms. The highest BCUT2D eigenvalue weighted by atomic mass is 35.5. The van der Waals surface area contributed by atoms with Crippen LogP contribution < -0.4 is 20.3 Å². The molecule has 36 heavy (non-hydrogen) atoms. The van der Waals surface area contributed by atoms with Crippen molar-refractivity contribution in [2.24, 2.45) is 0 Å². The Labute approximate surface area is 213 Å². The number of nitrogens with zero attached hydrogens (tertiary/aromatic N) is 1. The van der Waals surface area contributed by atoms with Crippen LogP contribution in [0.3, 0.4) is 0 Å². The van der Waals surface area contributed by atoms with E-state index in [1.54, 1.807) is 43.4 Å². The van der Waals surface area contributed by atoms with Gasteiger partial charge in [0.2, 0.25) is 0 Å². The SMILES string of the molecule is COc1cc2c(cc1OC)C(c1cc3cc(C)ccc3[nH]c1=O)N(C(=O)Nc1ccc(Cl)cc1)CC2. The van der Waals surface area contributed by atoms with E-state index in [1.807, 2.05) is 43.3 Å². The van der Waals surface area contributed by atoms with Crippen molar-refractivity contribution in [1.82, 2.24) is 9.88 Å². The zero-order valence-corrected chi connectivity index (χ0v) is 21.0. The number of hydrogen-bond donors (Lipinski definition) is 2. The minimum atomic E-state index is -0.630. The first-order valence-electron chi connectivity index (χ1n) is 11.6. The Morgan fingerprint density at radius 3 is 2.44 bits per heavy atom. The molecule has 1 aliphatic rings. The Hall–Kier alpha value is -3.97. The van der Waals surface area contributed by atoms with Crippen LogP contribution in [0.2, 0.25) is 5.02 Å². The maximum atomic E-state index is 13.6. The Kier molecular flexibility index (Phi) is 6.33. The van der Waals surface area contributed by atoms with E-state index in [0.717, 1.165) is 27.6 Å². The van der Waals surface area contributed by atoms with Gasteiger partial charge in [0.1, 0.15) is 0 Å². The Balaban J connectivity index is 1.66. The van der Waals surface area contributed by atoms with Crippen molar-refractivity contribution in [3.8, 4) is 11.5 Å². The van der Waals surface area contributed by atoms with Crippen LogP contribution in [0.15, 0.2) is 65.5 Å². The molecule has 4 aromatic rings. The average Bonchev–Trinajstić information content (AvgIpc) is 2.88. The smallest absolute Gasteiger partial charge is 0.322 e. The van der Waals surface area contributed by atoms with Gasteiger partial charge in [-0.1, -0.05) is 23.2 Å². The highest BCUT2D eigenvalue weighted by Gasteiger charge is 2.35. The van der Waals surface area contributed by atoms with Gasteiger partial charge in [-0.15, -0.1) is 0 Å². The summed E-state index contributed by atoms with van der Waals surface area (Å²) in [5.41, 5.74) is 4.49. The van der Waals surface area contributed by atoms with Crippen LogP contribution in [0, 0.1) is 6.92 Å². The first kappa shape index (κ1) is 23.8. The second kappa shape index (κ2) is 9.59. The first-order chi connectivity index (χ1) is 17.4. The normalized spacial score (nSPS) is 14.9.